The van der Waals surface area contributed by atoms with Crippen molar-refractivity contribution in [2.24, 2.45) is 4.74 Å². The Hall–Kier alpha value is -3.29. The fourth-order valence-electron chi connectivity index (χ4n) is 3.36. The highest BCUT2D eigenvalue weighted by Crippen LogP contribution is 2.52. The Kier molecular flexibility index (Phi) is 5.01. The van der Waals surface area contributed by atoms with E-state index in [1.165, 1.54) is 0 Å². The van der Waals surface area contributed by atoms with E-state index in [0.717, 1.165) is 11.0 Å². The van der Waals surface area contributed by atoms with Gasteiger partial charge in [0.1, 0.15) is 11.5 Å². The molecule has 0 saturated carbocycles. The topological polar surface area (TPSA) is 52.8 Å². The molecule has 0 bridgehead atoms. The first-order valence-electron chi connectivity index (χ1n) is 9.02. The number of nitrogens with zero attached hydrogens (tertiary/aromatic N) is 1. The van der Waals surface area contributed by atoms with E-state index < -0.39 is 7.05 Å². The van der Waals surface area contributed by atoms with Gasteiger partial charge in [-0.15, -0.1) is 0 Å². The van der Waals surface area contributed by atoms with Crippen molar-refractivity contribution in [3.05, 3.63) is 109 Å². The zero-order valence-electron chi connectivity index (χ0n) is 15.2. The number of hydrogen-bond donors (Lipinski definition) is 2. The molecule has 28 heavy (non-hydrogen) atoms. The molecule has 4 aromatic rings. The highest BCUT2D eigenvalue weighted by Gasteiger charge is 2.32. The number of para-hydroxylation sites is 2. The van der Waals surface area contributed by atoms with Crippen LogP contribution in [0.4, 0.5) is 5.69 Å². The highest BCUT2D eigenvalue weighted by molar-refractivity contribution is 7.87. The van der Waals surface area contributed by atoms with E-state index >= 15 is 0 Å². The lowest BCUT2D eigenvalue weighted by Gasteiger charge is -2.28. The summed E-state index contributed by atoms with van der Waals surface area (Å²) in [5, 5.41) is 24.0. The molecule has 0 aliphatic heterocycles. The molecule has 4 aromatic carbocycles. The first-order valence-corrected chi connectivity index (χ1v) is 10.8. The van der Waals surface area contributed by atoms with Gasteiger partial charge in [-0.3, -0.25) is 4.74 Å². The molecule has 0 amide bonds. The first-order chi connectivity index (χ1) is 13.7. The van der Waals surface area contributed by atoms with Crippen LogP contribution in [-0.4, -0.2) is 10.2 Å². The fraction of sp³-hybridized carbons (Fsp3) is 0. The molecular formula is C24H20NO2P. The summed E-state index contributed by atoms with van der Waals surface area (Å²) in [5.74, 6) is 0.338. The molecule has 4 heteroatoms. The van der Waals surface area contributed by atoms with Crippen molar-refractivity contribution in [1.82, 2.24) is 0 Å². The van der Waals surface area contributed by atoms with Crippen LogP contribution in [0.5, 0.6) is 11.5 Å². The summed E-state index contributed by atoms with van der Waals surface area (Å²) in [6, 6.07) is 34.1. The van der Waals surface area contributed by atoms with Gasteiger partial charge < -0.3 is 10.2 Å². The van der Waals surface area contributed by atoms with Crippen molar-refractivity contribution < 1.29 is 10.2 Å². The van der Waals surface area contributed by atoms with E-state index in [-0.39, 0.29) is 11.5 Å². The minimum atomic E-state index is -2.73. The lowest BCUT2D eigenvalue weighted by molar-refractivity contribution is 0.479. The van der Waals surface area contributed by atoms with Gasteiger partial charge in [0.25, 0.3) is 0 Å². The van der Waals surface area contributed by atoms with E-state index in [0.29, 0.717) is 10.6 Å². The van der Waals surface area contributed by atoms with Gasteiger partial charge in [-0.25, -0.2) is 0 Å². The standard InChI is InChI=1S/C24H20NO2P/c26-21-15-7-9-17-23(21)28(20-13-5-2-6-14-20,24-18-10-8-16-22(24)27)25-19-11-3-1-4-12-19/h1-18,26-27H. The quantitative estimate of drug-likeness (QED) is 0.491. The van der Waals surface area contributed by atoms with Crippen molar-refractivity contribution in [3.63, 3.8) is 0 Å². The Morgan fingerprint density at radius 1 is 0.500 bits per heavy atom. The second kappa shape index (κ2) is 7.75. The average Bonchev–Trinajstić information content (AvgIpc) is 2.74. The van der Waals surface area contributed by atoms with Crippen LogP contribution in [0.3, 0.4) is 0 Å². The van der Waals surface area contributed by atoms with Gasteiger partial charge in [0.2, 0.25) is 0 Å². The van der Waals surface area contributed by atoms with Gasteiger partial charge >= 0.3 is 0 Å². The van der Waals surface area contributed by atoms with Crippen LogP contribution in [0.1, 0.15) is 0 Å². The van der Waals surface area contributed by atoms with E-state index in [2.05, 4.69) is 0 Å². The third-order valence-electron chi connectivity index (χ3n) is 4.61. The van der Waals surface area contributed by atoms with Crippen LogP contribution in [0.25, 0.3) is 0 Å². The molecule has 0 unspecified atom stereocenters. The summed E-state index contributed by atoms with van der Waals surface area (Å²) in [6.07, 6.45) is 0. The zero-order valence-corrected chi connectivity index (χ0v) is 16.1. The molecule has 3 nitrogen and oxygen atoms in total. The Morgan fingerprint density at radius 3 is 1.43 bits per heavy atom. The minimum absolute atomic E-state index is 0.169. The van der Waals surface area contributed by atoms with Gasteiger partial charge in [-0.05, 0) is 36.4 Å². The average molecular weight is 385 g/mol. The Labute approximate surface area is 164 Å². The van der Waals surface area contributed by atoms with Gasteiger partial charge in [-0.2, -0.15) is 0 Å². The number of phenols is 2. The zero-order chi connectivity index (χ0) is 19.4. The number of hydrogen-bond acceptors (Lipinski definition) is 3. The van der Waals surface area contributed by atoms with Crippen LogP contribution < -0.4 is 15.9 Å². The fourth-order valence-corrected chi connectivity index (χ4v) is 7.01. The molecule has 0 aliphatic carbocycles. The maximum atomic E-state index is 10.8. The summed E-state index contributed by atoms with van der Waals surface area (Å²) in [5.41, 5.74) is 0.797. The third-order valence-corrected chi connectivity index (χ3v) is 8.34. The maximum Gasteiger partial charge on any atom is 0.125 e. The van der Waals surface area contributed by atoms with Crippen molar-refractivity contribution in [3.8, 4) is 11.5 Å². The van der Waals surface area contributed by atoms with Crippen molar-refractivity contribution in [2.45, 2.75) is 0 Å². The summed E-state index contributed by atoms with van der Waals surface area (Å²) in [7, 11) is -2.73. The maximum absolute atomic E-state index is 10.8. The minimum Gasteiger partial charge on any atom is -0.507 e. The summed E-state index contributed by atoms with van der Waals surface area (Å²) < 4.78 is 5.21. The monoisotopic (exact) mass is 385 g/mol. The second-order valence-electron chi connectivity index (χ2n) is 6.38. The Bertz CT molecular complexity index is 1090. The molecule has 0 fully saturated rings. The second-order valence-corrected chi connectivity index (χ2v) is 9.33. The van der Waals surface area contributed by atoms with Crippen LogP contribution in [-0.2, 0) is 0 Å². The molecule has 0 spiro atoms. The van der Waals surface area contributed by atoms with Crippen LogP contribution in [0.15, 0.2) is 114 Å². The van der Waals surface area contributed by atoms with Crippen LogP contribution in [0.2, 0.25) is 0 Å². The molecule has 4 rings (SSSR count). The van der Waals surface area contributed by atoms with E-state index in [1.807, 2.05) is 84.9 Å². The third kappa shape index (κ3) is 3.21. The summed E-state index contributed by atoms with van der Waals surface area (Å²) in [4.78, 5) is 0. The van der Waals surface area contributed by atoms with Crippen LogP contribution in [0, 0.1) is 0 Å². The smallest absolute Gasteiger partial charge is 0.125 e. The number of benzene rings is 4. The highest BCUT2D eigenvalue weighted by atomic mass is 31.2. The molecule has 0 radical (unpaired) electrons. The SMILES string of the molecule is Oc1ccccc1P(=Nc1ccccc1)(c1ccccc1)c1ccccc1O. The molecule has 0 heterocycles. The molecule has 0 aliphatic rings. The number of phenolic OH excluding ortho intramolecular Hbond substituents is 2. The van der Waals surface area contributed by atoms with Gasteiger partial charge in [0.05, 0.1) is 12.7 Å². The lowest BCUT2D eigenvalue weighted by Crippen LogP contribution is -2.25. The normalized spacial score (nSPS) is 11.1. The Morgan fingerprint density at radius 2 is 0.929 bits per heavy atom. The van der Waals surface area contributed by atoms with Crippen molar-refractivity contribution in [2.75, 3.05) is 0 Å². The van der Waals surface area contributed by atoms with Gasteiger partial charge in [-0.1, -0.05) is 72.8 Å². The molecular weight excluding hydrogens is 365 g/mol. The largest absolute Gasteiger partial charge is 0.507 e. The predicted molar refractivity (Wildman–Crippen MR) is 117 cm³/mol. The lowest BCUT2D eigenvalue weighted by atomic mass is 10.3. The molecule has 2 N–H and O–H groups in total. The molecule has 138 valence electrons. The van der Waals surface area contributed by atoms with E-state index in [4.69, 9.17) is 4.74 Å². The summed E-state index contributed by atoms with van der Waals surface area (Å²) >= 11 is 0. The predicted octanol–water partition coefficient (Wildman–Crippen LogP) is 4.91. The summed E-state index contributed by atoms with van der Waals surface area (Å²) in [6.45, 7) is 0. The van der Waals surface area contributed by atoms with Gasteiger partial charge in [0, 0.05) is 15.9 Å². The number of rotatable bonds is 4. The van der Waals surface area contributed by atoms with Crippen LogP contribution >= 0.6 is 7.05 Å². The number of aromatic hydroxyl groups is 2. The van der Waals surface area contributed by atoms with Crippen molar-refractivity contribution in [1.29, 1.82) is 0 Å². The first kappa shape index (κ1) is 18.1. The van der Waals surface area contributed by atoms with Crippen molar-refractivity contribution >= 4 is 28.7 Å². The molecule has 0 saturated heterocycles. The Balaban J connectivity index is 2.21. The van der Waals surface area contributed by atoms with Gasteiger partial charge in [0.15, 0.2) is 0 Å². The molecule has 0 aromatic heterocycles. The van der Waals surface area contributed by atoms with E-state index in [1.54, 1.807) is 24.3 Å². The molecule has 0 atom stereocenters. The van der Waals surface area contributed by atoms with E-state index in [9.17, 15) is 10.2 Å².